The highest BCUT2D eigenvalue weighted by molar-refractivity contribution is 7.11. The Bertz CT molecular complexity index is 611. The first-order chi connectivity index (χ1) is 10.9. The number of carboxylic acids is 1. The minimum atomic E-state index is -0.746. The molecule has 126 valence electrons. The Morgan fingerprint density at radius 2 is 2.26 bits per heavy atom. The lowest BCUT2D eigenvalue weighted by Gasteiger charge is -2.23. The molecule has 0 radical (unpaired) electrons. The number of thiazole rings is 1. The van der Waals surface area contributed by atoms with Crippen LogP contribution in [0, 0.1) is 25.2 Å². The number of fused-ring (bicyclic) bond motifs is 1. The van der Waals surface area contributed by atoms with Gasteiger partial charge in [0.1, 0.15) is 0 Å². The highest BCUT2D eigenvalue weighted by atomic mass is 32.1. The second kappa shape index (κ2) is 6.11. The molecule has 0 unspecified atom stereocenters. The molecule has 1 saturated heterocycles. The van der Waals surface area contributed by atoms with Gasteiger partial charge in [-0.2, -0.15) is 0 Å². The zero-order valence-electron chi connectivity index (χ0n) is 13.6. The molecular weight excluding hydrogens is 314 g/mol. The van der Waals surface area contributed by atoms with E-state index in [4.69, 9.17) is 0 Å². The van der Waals surface area contributed by atoms with Crippen LogP contribution in [0.5, 0.6) is 0 Å². The van der Waals surface area contributed by atoms with E-state index in [0.717, 1.165) is 23.5 Å². The standard InChI is InChI=1S/C16H23N3O3S/c1-10-11(2)23-13(18-10)5-7-17-15(22)19-8-12-4-3-6-16(12,9-19)14(20)21/h12H,3-9H2,1-2H3,(H,17,22)(H,20,21)/t12-,16+/m0/s1. The van der Waals surface area contributed by atoms with Crippen molar-refractivity contribution in [3.8, 4) is 0 Å². The van der Waals surface area contributed by atoms with Gasteiger partial charge in [-0.15, -0.1) is 11.3 Å². The van der Waals surface area contributed by atoms with E-state index in [1.54, 1.807) is 16.2 Å². The van der Waals surface area contributed by atoms with E-state index in [9.17, 15) is 14.7 Å². The van der Waals surface area contributed by atoms with E-state index < -0.39 is 11.4 Å². The third-order valence-corrected chi connectivity index (χ3v) is 6.40. The number of likely N-dealkylation sites (tertiary alicyclic amines) is 1. The van der Waals surface area contributed by atoms with E-state index in [-0.39, 0.29) is 11.9 Å². The van der Waals surface area contributed by atoms with Crippen LogP contribution in [0.15, 0.2) is 0 Å². The van der Waals surface area contributed by atoms with Crippen LogP contribution in [-0.2, 0) is 11.2 Å². The normalized spacial score (nSPS) is 26.3. The largest absolute Gasteiger partial charge is 0.481 e. The molecule has 2 aliphatic rings. The molecule has 6 nitrogen and oxygen atoms in total. The van der Waals surface area contributed by atoms with Crippen LogP contribution in [0.2, 0.25) is 0 Å². The molecule has 1 aromatic heterocycles. The number of amides is 2. The summed E-state index contributed by atoms with van der Waals surface area (Å²) in [6.45, 7) is 5.47. The highest BCUT2D eigenvalue weighted by Crippen LogP contribution is 2.48. The number of urea groups is 1. The first kappa shape index (κ1) is 16.2. The number of carbonyl (C=O) groups is 2. The molecule has 2 atom stereocenters. The van der Waals surface area contributed by atoms with Gasteiger partial charge in [-0.1, -0.05) is 6.42 Å². The molecule has 2 N–H and O–H groups in total. The lowest BCUT2D eigenvalue weighted by molar-refractivity contribution is -0.149. The molecule has 2 fully saturated rings. The minimum Gasteiger partial charge on any atom is -0.481 e. The van der Waals surface area contributed by atoms with Crippen LogP contribution in [0.1, 0.15) is 34.8 Å². The molecule has 0 aromatic carbocycles. The number of nitrogens with one attached hydrogen (secondary N) is 1. The zero-order valence-corrected chi connectivity index (χ0v) is 14.4. The van der Waals surface area contributed by atoms with Gasteiger partial charge in [0.05, 0.1) is 16.1 Å². The van der Waals surface area contributed by atoms with Gasteiger partial charge in [0.2, 0.25) is 0 Å². The second-order valence-electron chi connectivity index (χ2n) is 6.66. The molecule has 1 aliphatic heterocycles. The number of nitrogens with zero attached hydrogens (tertiary/aromatic N) is 2. The fourth-order valence-electron chi connectivity index (χ4n) is 3.83. The first-order valence-corrected chi connectivity index (χ1v) is 8.93. The third kappa shape index (κ3) is 2.94. The van der Waals surface area contributed by atoms with Gasteiger partial charge in [-0.25, -0.2) is 9.78 Å². The van der Waals surface area contributed by atoms with Gasteiger partial charge in [0, 0.05) is 30.9 Å². The van der Waals surface area contributed by atoms with Crippen molar-refractivity contribution >= 4 is 23.3 Å². The number of carbonyl (C=O) groups excluding carboxylic acids is 1. The predicted octanol–water partition coefficient (Wildman–Crippen LogP) is 2.20. The van der Waals surface area contributed by atoms with Crippen LogP contribution in [-0.4, -0.2) is 46.6 Å². The van der Waals surface area contributed by atoms with Crippen LogP contribution < -0.4 is 5.32 Å². The number of rotatable bonds is 4. The van der Waals surface area contributed by atoms with E-state index in [2.05, 4.69) is 10.3 Å². The first-order valence-electron chi connectivity index (χ1n) is 8.11. The molecule has 0 spiro atoms. The van der Waals surface area contributed by atoms with E-state index in [1.165, 1.54) is 4.88 Å². The predicted molar refractivity (Wildman–Crippen MR) is 87.7 cm³/mol. The summed E-state index contributed by atoms with van der Waals surface area (Å²) in [7, 11) is 0. The van der Waals surface area contributed by atoms with E-state index >= 15 is 0 Å². The van der Waals surface area contributed by atoms with Crippen LogP contribution >= 0.6 is 11.3 Å². The Morgan fingerprint density at radius 3 is 2.87 bits per heavy atom. The number of hydrogen-bond acceptors (Lipinski definition) is 4. The minimum absolute atomic E-state index is 0.106. The maximum absolute atomic E-state index is 12.3. The summed E-state index contributed by atoms with van der Waals surface area (Å²) in [4.78, 5) is 31.3. The quantitative estimate of drug-likeness (QED) is 0.882. The molecule has 1 aromatic rings. The molecule has 1 saturated carbocycles. The summed E-state index contributed by atoms with van der Waals surface area (Å²) in [5.41, 5.74) is 0.341. The Labute approximate surface area is 139 Å². The van der Waals surface area contributed by atoms with Gasteiger partial charge < -0.3 is 15.3 Å². The Kier molecular flexibility index (Phi) is 4.31. The van der Waals surface area contributed by atoms with Crippen molar-refractivity contribution in [3.05, 3.63) is 15.6 Å². The Balaban J connectivity index is 1.52. The molecule has 2 amide bonds. The van der Waals surface area contributed by atoms with Crippen molar-refractivity contribution in [2.75, 3.05) is 19.6 Å². The smallest absolute Gasteiger partial charge is 0.317 e. The number of hydrogen-bond donors (Lipinski definition) is 2. The average molecular weight is 337 g/mol. The fourth-order valence-corrected chi connectivity index (χ4v) is 4.76. The second-order valence-corrected chi connectivity index (χ2v) is 7.95. The summed E-state index contributed by atoms with van der Waals surface area (Å²) in [5.74, 6) is -0.640. The maximum atomic E-state index is 12.3. The summed E-state index contributed by atoms with van der Waals surface area (Å²) in [6.07, 6.45) is 3.27. The summed E-state index contributed by atoms with van der Waals surface area (Å²) >= 11 is 1.66. The molecule has 2 heterocycles. The van der Waals surface area contributed by atoms with Crippen molar-refractivity contribution in [2.45, 2.75) is 39.5 Å². The summed E-state index contributed by atoms with van der Waals surface area (Å²) < 4.78 is 0. The number of aromatic nitrogens is 1. The molecule has 7 heteroatoms. The number of aliphatic carboxylic acids is 1. The van der Waals surface area contributed by atoms with Crippen molar-refractivity contribution in [3.63, 3.8) is 0 Å². The molecular formula is C16H23N3O3S. The van der Waals surface area contributed by atoms with Gasteiger partial charge in [0.15, 0.2) is 0 Å². The van der Waals surface area contributed by atoms with Crippen molar-refractivity contribution in [1.82, 2.24) is 15.2 Å². The monoisotopic (exact) mass is 337 g/mol. The summed E-state index contributed by atoms with van der Waals surface area (Å²) in [6, 6.07) is -0.148. The van der Waals surface area contributed by atoms with Crippen LogP contribution in [0.4, 0.5) is 4.79 Å². The Morgan fingerprint density at radius 1 is 1.48 bits per heavy atom. The van der Waals surface area contributed by atoms with E-state index in [0.29, 0.717) is 32.5 Å². The van der Waals surface area contributed by atoms with Crippen LogP contribution in [0.25, 0.3) is 0 Å². The van der Waals surface area contributed by atoms with Crippen molar-refractivity contribution < 1.29 is 14.7 Å². The van der Waals surface area contributed by atoms with Crippen LogP contribution in [0.3, 0.4) is 0 Å². The van der Waals surface area contributed by atoms with Crippen molar-refractivity contribution in [1.29, 1.82) is 0 Å². The topological polar surface area (TPSA) is 82.5 Å². The third-order valence-electron chi connectivity index (χ3n) is 5.27. The lowest BCUT2D eigenvalue weighted by Crippen LogP contribution is -2.42. The van der Waals surface area contributed by atoms with Gasteiger partial charge in [-0.05, 0) is 32.6 Å². The maximum Gasteiger partial charge on any atom is 0.317 e. The van der Waals surface area contributed by atoms with Gasteiger partial charge >= 0.3 is 12.0 Å². The molecule has 0 bridgehead atoms. The molecule has 3 rings (SSSR count). The Hall–Kier alpha value is -1.63. The molecule has 23 heavy (non-hydrogen) atoms. The number of carboxylic acid groups (broad SMARTS) is 1. The van der Waals surface area contributed by atoms with E-state index in [1.807, 2.05) is 13.8 Å². The molecule has 1 aliphatic carbocycles. The number of aryl methyl sites for hydroxylation is 2. The van der Waals surface area contributed by atoms with Crippen molar-refractivity contribution in [2.24, 2.45) is 11.3 Å². The highest BCUT2D eigenvalue weighted by Gasteiger charge is 2.55. The lowest BCUT2D eigenvalue weighted by atomic mass is 9.81. The fraction of sp³-hybridized carbons (Fsp3) is 0.688. The zero-order chi connectivity index (χ0) is 16.6. The average Bonchev–Trinajstić information content (AvgIpc) is 3.12. The SMILES string of the molecule is Cc1nc(CCNC(=O)N2C[C@@H]3CCC[C@@]3(C(=O)O)C2)sc1C. The van der Waals surface area contributed by atoms with Gasteiger partial charge in [-0.3, -0.25) is 4.79 Å². The summed E-state index contributed by atoms with van der Waals surface area (Å²) in [5, 5.41) is 13.5. The van der Waals surface area contributed by atoms with Gasteiger partial charge in [0.25, 0.3) is 0 Å².